The van der Waals surface area contributed by atoms with Crippen LogP contribution in [0.2, 0.25) is 0 Å². The van der Waals surface area contributed by atoms with E-state index >= 15 is 0 Å². The minimum Gasteiger partial charge on any atom is -0.494 e. The number of ether oxygens (including phenoxy) is 1. The normalized spacial score (nSPS) is 11.2. The predicted octanol–water partition coefficient (Wildman–Crippen LogP) is 4.13. The molecule has 3 heteroatoms. The molecular formula is C18H29NO2. The molecular weight excluding hydrogens is 262 g/mol. The van der Waals surface area contributed by atoms with E-state index in [1.54, 1.807) is 0 Å². The maximum Gasteiger partial charge on any atom is 0.251 e. The van der Waals surface area contributed by atoms with Gasteiger partial charge in [-0.1, -0.05) is 34.6 Å². The van der Waals surface area contributed by atoms with Crippen molar-refractivity contribution in [3.05, 3.63) is 29.8 Å². The number of hydrogen-bond donors (Lipinski definition) is 1. The van der Waals surface area contributed by atoms with Crippen LogP contribution in [0.1, 0.15) is 51.4 Å². The fourth-order valence-electron chi connectivity index (χ4n) is 2.48. The third-order valence-electron chi connectivity index (χ3n) is 3.80. The molecule has 0 saturated heterocycles. The summed E-state index contributed by atoms with van der Waals surface area (Å²) in [6.45, 7) is 12.3. The number of carbonyl (C=O) groups is 1. The lowest BCUT2D eigenvalue weighted by atomic mass is 9.85. The van der Waals surface area contributed by atoms with Gasteiger partial charge in [-0.05, 0) is 48.4 Å². The van der Waals surface area contributed by atoms with Crippen LogP contribution in [0.15, 0.2) is 24.3 Å². The molecule has 0 saturated carbocycles. The molecule has 0 radical (unpaired) electrons. The molecule has 0 bridgehead atoms. The summed E-state index contributed by atoms with van der Waals surface area (Å²) < 4.78 is 5.52. The van der Waals surface area contributed by atoms with Gasteiger partial charge in [0.25, 0.3) is 5.91 Å². The number of hydrogen-bond acceptors (Lipinski definition) is 2. The molecule has 21 heavy (non-hydrogen) atoms. The van der Waals surface area contributed by atoms with Gasteiger partial charge in [0, 0.05) is 12.1 Å². The molecule has 1 N–H and O–H groups in total. The maximum absolute atomic E-state index is 12.2. The van der Waals surface area contributed by atoms with Gasteiger partial charge in [-0.2, -0.15) is 0 Å². The van der Waals surface area contributed by atoms with E-state index in [4.69, 9.17) is 4.74 Å². The van der Waals surface area contributed by atoms with Crippen LogP contribution < -0.4 is 10.1 Å². The Bertz CT molecular complexity index is 415. The second-order valence-electron chi connectivity index (χ2n) is 6.23. The van der Waals surface area contributed by atoms with E-state index in [9.17, 15) is 4.79 Å². The summed E-state index contributed by atoms with van der Waals surface area (Å²) in [5, 5.41) is 3.04. The van der Waals surface area contributed by atoms with Crippen LogP contribution in [0.25, 0.3) is 0 Å². The summed E-state index contributed by atoms with van der Waals surface area (Å²) >= 11 is 0. The lowest BCUT2D eigenvalue weighted by Crippen LogP contribution is -2.33. The largest absolute Gasteiger partial charge is 0.494 e. The Balaban J connectivity index is 2.55. The Morgan fingerprint density at radius 1 is 1.10 bits per heavy atom. The number of benzene rings is 1. The molecule has 0 aliphatic rings. The summed E-state index contributed by atoms with van der Waals surface area (Å²) in [6, 6.07) is 7.35. The van der Waals surface area contributed by atoms with E-state index in [1.165, 1.54) is 0 Å². The van der Waals surface area contributed by atoms with Gasteiger partial charge in [0.2, 0.25) is 0 Å². The molecule has 1 aromatic carbocycles. The van der Waals surface area contributed by atoms with Crippen molar-refractivity contribution in [1.29, 1.82) is 0 Å². The quantitative estimate of drug-likeness (QED) is 0.782. The standard InChI is InChI=1S/C18H29NO2/c1-6-11-21-16-9-7-15(8-10-16)18(20)19-12-17(13(2)3)14(4)5/h7-10,13-14,17H,6,11-12H2,1-5H3,(H,19,20). The van der Waals surface area contributed by atoms with Crippen LogP contribution in [0.3, 0.4) is 0 Å². The van der Waals surface area contributed by atoms with Crippen LogP contribution >= 0.6 is 0 Å². The highest BCUT2D eigenvalue weighted by Gasteiger charge is 2.18. The highest BCUT2D eigenvalue weighted by Crippen LogP contribution is 2.19. The number of rotatable bonds is 8. The minimum atomic E-state index is -0.0108. The van der Waals surface area contributed by atoms with Crippen molar-refractivity contribution in [2.75, 3.05) is 13.2 Å². The first-order chi connectivity index (χ1) is 9.95. The van der Waals surface area contributed by atoms with Gasteiger partial charge in [-0.3, -0.25) is 4.79 Å². The predicted molar refractivity (Wildman–Crippen MR) is 87.7 cm³/mol. The van der Waals surface area contributed by atoms with Crippen LogP contribution in [0, 0.1) is 17.8 Å². The van der Waals surface area contributed by atoms with E-state index in [1.807, 2.05) is 24.3 Å². The third-order valence-corrected chi connectivity index (χ3v) is 3.80. The smallest absolute Gasteiger partial charge is 0.251 e. The molecule has 0 unspecified atom stereocenters. The zero-order valence-electron chi connectivity index (χ0n) is 14.0. The molecule has 0 spiro atoms. The van der Waals surface area contributed by atoms with Crippen molar-refractivity contribution in [3.8, 4) is 5.75 Å². The lowest BCUT2D eigenvalue weighted by Gasteiger charge is -2.25. The van der Waals surface area contributed by atoms with Crippen molar-refractivity contribution in [2.24, 2.45) is 17.8 Å². The molecule has 0 fully saturated rings. The van der Waals surface area contributed by atoms with Gasteiger partial charge >= 0.3 is 0 Å². The average molecular weight is 291 g/mol. The van der Waals surface area contributed by atoms with Crippen LogP contribution in [0.5, 0.6) is 5.75 Å². The fraction of sp³-hybridized carbons (Fsp3) is 0.611. The van der Waals surface area contributed by atoms with Gasteiger partial charge < -0.3 is 10.1 Å². The number of carbonyl (C=O) groups excluding carboxylic acids is 1. The summed E-state index contributed by atoms with van der Waals surface area (Å²) in [6.07, 6.45) is 0.980. The molecule has 1 rings (SSSR count). The highest BCUT2D eigenvalue weighted by molar-refractivity contribution is 5.94. The zero-order chi connectivity index (χ0) is 15.8. The molecule has 118 valence electrons. The van der Waals surface area contributed by atoms with E-state index < -0.39 is 0 Å². The van der Waals surface area contributed by atoms with E-state index in [-0.39, 0.29) is 5.91 Å². The Labute approximate surface area is 129 Å². The molecule has 1 aromatic rings. The van der Waals surface area contributed by atoms with Crippen molar-refractivity contribution in [3.63, 3.8) is 0 Å². The van der Waals surface area contributed by atoms with Crippen molar-refractivity contribution >= 4 is 5.91 Å². The van der Waals surface area contributed by atoms with Gasteiger partial charge in [-0.25, -0.2) is 0 Å². The van der Waals surface area contributed by atoms with Crippen LogP contribution in [-0.4, -0.2) is 19.1 Å². The first kappa shape index (κ1) is 17.5. The Hall–Kier alpha value is -1.51. The second kappa shape index (κ2) is 8.71. The summed E-state index contributed by atoms with van der Waals surface area (Å²) in [4.78, 5) is 12.2. The topological polar surface area (TPSA) is 38.3 Å². The van der Waals surface area contributed by atoms with Crippen LogP contribution in [0.4, 0.5) is 0 Å². The lowest BCUT2D eigenvalue weighted by molar-refractivity contribution is 0.0937. The Morgan fingerprint density at radius 2 is 1.67 bits per heavy atom. The van der Waals surface area contributed by atoms with Gasteiger partial charge in [-0.15, -0.1) is 0 Å². The van der Waals surface area contributed by atoms with E-state index in [2.05, 4.69) is 39.9 Å². The SMILES string of the molecule is CCCOc1ccc(C(=O)NCC(C(C)C)C(C)C)cc1. The van der Waals surface area contributed by atoms with Crippen molar-refractivity contribution in [2.45, 2.75) is 41.0 Å². The Kier molecular flexibility index (Phi) is 7.27. The molecule has 0 aliphatic carbocycles. The Morgan fingerprint density at radius 3 is 2.14 bits per heavy atom. The third kappa shape index (κ3) is 5.78. The molecule has 0 heterocycles. The summed E-state index contributed by atoms with van der Waals surface area (Å²) in [7, 11) is 0. The average Bonchev–Trinajstić information content (AvgIpc) is 2.44. The molecule has 0 aromatic heterocycles. The molecule has 1 amide bonds. The first-order valence-corrected chi connectivity index (χ1v) is 7.96. The van der Waals surface area contributed by atoms with E-state index in [0.717, 1.165) is 18.7 Å². The first-order valence-electron chi connectivity index (χ1n) is 7.96. The minimum absolute atomic E-state index is 0.0108. The molecule has 3 nitrogen and oxygen atoms in total. The number of amides is 1. The summed E-state index contributed by atoms with van der Waals surface area (Å²) in [5.74, 6) is 2.44. The van der Waals surface area contributed by atoms with E-state index in [0.29, 0.717) is 29.9 Å². The van der Waals surface area contributed by atoms with Crippen molar-refractivity contribution < 1.29 is 9.53 Å². The number of nitrogens with one attached hydrogen (secondary N) is 1. The summed E-state index contributed by atoms with van der Waals surface area (Å²) in [5.41, 5.74) is 0.685. The van der Waals surface area contributed by atoms with Gasteiger partial charge in [0.05, 0.1) is 6.61 Å². The van der Waals surface area contributed by atoms with Crippen molar-refractivity contribution in [1.82, 2.24) is 5.32 Å². The fourth-order valence-corrected chi connectivity index (χ4v) is 2.48. The molecule has 0 aliphatic heterocycles. The highest BCUT2D eigenvalue weighted by atomic mass is 16.5. The van der Waals surface area contributed by atoms with Gasteiger partial charge in [0.15, 0.2) is 0 Å². The molecule has 0 atom stereocenters. The van der Waals surface area contributed by atoms with Crippen LogP contribution in [-0.2, 0) is 0 Å². The zero-order valence-corrected chi connectivity index (χ0v) is 14.0. The maximum atomic E-state index is 12.2. The van der Waals surface area contributed by atoms with Gasteiger partial charge in [0.1, 0.15) is 5.75 Å². The monoisotopic (exact) mass is 291 g/mol. The second-order valence-corrected chi connectivity index (χ2v) is 6.23.